The van der Waals surface area contributed by atoms with Gasteiger partial charge in [-0.15, -0.1) is 11.3 Å². The summed E-state index contributed by atoms with van der Waals surface area (Å²) in [5, 5.41) is 5.55. The molecule has 2 heterocycles. The summed E-state index contributed by atoms with van der Waals surface area (Å²) in [6, 6.07) is 0. The summed E-state index contributed by atoms with van der Waals surface area (Å²) in [6.45, 7) is 5.12. The molecule has 0 fully saturated rings. The topological polar surface area (TPSA) is 50.7 Å². The number of nitrogens with zero attached hydrogens (tertiary/aromatic N) is 3. The Labute approximate surface area is 127 Å². The summed E-state index contributed by atoms with van der Waals surface area (Å²) in [7, 11) is 0. The van der Waals surface area contributed by atoms with E-state index in [1.807, 2.05) is 11.3 Å². The van der Waals surface area contributed by atoms with Crippen molar-refractivity contribution in [3.05, 3.63) is 21.4 Å². The number of rotatable bonds is 5. The van der Waals surface area contributed by atoms with E-state index in [0.29, 0.717) is 5.92 Å². The third-order valence-electron chi connectivity index (χ3n) is 3.46. The van der Waals surface area contributed by atoms with Crippen LogP contribution in [-0.4, -0.2) is 20.9 Å². The molecule has 0 aliphatic heterocycles. The molecule has 0 bridgehead atoms. The van der Waals surface area contributed by atoms with E-state index in [1.54, 1.807) is 0 Å². The van der Waals surface area contributed by atoms with E-state index in [-0.39, 0.29) is 0 Å². The average Bonchev–Trinajstić information content (AvgIpc) is 3.04. The highest BCUT2D eigenvalue weighted by Gasteiger charge is 2.15. The Morgan fingerprint density at radius 1 is 1.20 bits per heavy atom. The van der Waals surface area contributed by atoms with Gasteiger partial charge in [-0.05, 0) is 25.7 Å². The van der Waals surface area contributed by atoms with Gasteiger partial charge in [-0.25, -0.2) is 9.97 Å². The second-order valence-corrected chi connectivity index (χ2v) is 7.39. The molecule has 4 nitrogen and oxygen atoms in total. The average molecular weight is 308 g/mol. The molecule has 0 saturated carbocycles. The third kappa shape index (κ3) is 3.17. The molecule has 1 aliphatic carbocycles. The summed E-state index contributed by atoms with van der Waals surface area (Å²) in [6.07, 6.45) is 6.02. The van der Waals surface area contributed by atoms with Gasteiger partial charge in [0.1, 0.15) is 5.82 Å². The first-order valence-corrected chi connectivity index (χ1v) is 8.86. The van der Waals surface area contributed by atoms with Crippen molar-refractivity contribution in [3.63, 3.8) is 0 Å². The lowest BCUT2D eigenvalue weighted by Gasteiger charge is -2.06. The molecular weight excluding hydrogens is 288 g/mol. The van der Waals surface area contributed by atoms with Crippen molar-refractivity contribution in [2.75, 3.05) is 11.9 Å². The van der Waals surface area contributed by atoms with Gasteiger partial charge in [0.05, 0.1) is 10.7 Å². The van der Waals surface area contributed by atoms with Crippen LogP contribution in [0.2, 0.25) is 0 Å². The van der Waals surface area contributed by atoms with E-state index < -0.39 is 0 Å². The molecule has 3 rings (SSSR count). The van der Waals surface area contributed by atoms with Gasteiger partial charge >= 0.3 is 0 Å². The molecule has 0 spiro atoms. The molecule has 0 saturated heterocycles. The Balaban J connectivity index is 1.53. The monoisotopic (exact) mass is 308 g/mol. The fourth-order valence-electron chi connectivity index (χ4n) is 2.33. The highest BCUT2D eigenvalue weighted by atomic mass is 32.1. The Morgan fingerprint density at radius 3 is 2.80 bits per heavy atom. The molecule has 0 amide bonds. The first-order valence-electron chi connectivity index (χ1n) is 7.27. The van der Waals surface area contributed by atoms with Crippen molar-refractivity contribution in [2.45, 2.75) is 51.9 Å². The lowest BCUT2D eigenvalue weighted by molar-refractivity contribution is 0.680. The molecule has 0 aromatic carbocycles. The molecule has 2 aromatic heterocycles. The van der Waals surface area contributed by atoms with Gasteiger partial charge < -0.3 is 5.32 Å². The number of aryl methyl sites for hydroxylation is 2. The minimum absolute atomic E-state index is 0.396. The van der Waals surface area contributed by atoms with E-state index in [1.165, 1.54) is 52.8 Å². The van der Waals surface area contributed by atoms with Crippen LogP contribution in [0.1, 0.15) is 54.0 Å². The number of hydrogen-bond donors (Lipinski definition) is 1. The fourth-order valence-corrected chi connectivity index (χ4v) is 4.22. The Kier molecular flexibility index (Phi) is 4.31. The summed E-state index contributed by atoms with van der Waals surface area (Å²) < 4.78 is 4.35. The summed E-state index contributed by atoms with van der Waals surface area (Å²) in [5.74, 6) is 1.33. The zero-order valence-electron chi connectivity index (χ0n) is 12.0. The van der Waals surface area contributed by atoms with E-state index in [0.717, 1.165) is 23.9 Å². The summed E-state index contributed by atoms with van der Waals surface area (Å²) in [5.41, 5.74) is 1.36. The van der Waals surface area contributed by atoms with Crippen LogP contribution < -0.4 is 5.32 Å². The summed E-state index contributed by atoms with van der Waals surface area (Å²) in [4.78, 5) is 10.8. The maximum absolute atomic E-state index is 4.76. The fraction of sp³-hybridized carbons (Fsp3) is 0.643. The van der Waals surface area contributed by atoms with E-state index in [9.17, 15) is 0 Å². The van der Waals surface area contributed by atoms with Crippen LogP contribution in [0.4, 0.5) is 5.13 Å². The predicted octanol–water partition coefficient (Wildman–Crippen LogP) is 3.65. The van der Waals surface area contributed by atoms with E-state index in [4.69, 9.17) is 4.98 Å². The number of aromatic nitrogens is 3. The molecule has 6 heteroatoms. The number of hydrogen-bond acceptors (Lipinski definition) is 6. The molecule has 2 aromatic rings. The predicted molar refractivity (Wildman–Crippen MR) is 84.9 cm³/mol. The van der Waals surface area contributed by atoms with Crippen LogP contribution in [0, 0.1) is 0 Å². The van der Waals surface area contributed by atoms with Gasteiger partial charge in [0, 0.05) is 35.3 Å². The second kappa shape index (κ2) is 6.18. The molecule has 0 radical (unpaired) electrons. The van der Waals surface area contributed by atoms with Crippen molar-refractivity contribution in [1.29, 1.82) is 0 Å². The number of nitrogens with one attached hydrogen (secondary N) is 1. The molecular formula is C14H20N4S2. The van der Waals surface area contributed by atoms with Crippen molar-refractivity contribution in [3.8, 4) is 0 Å². The second-order valence-electron chi connectivity index (χ2n) is 5.47. The minimum Gasteiger partial charge on any atom is -0.360 e. The van der Waals surface area contributed by atoms with E-state index >= 15 is 0 Å². The van der Waals surface area contributed by atoms with Gasteiger partial charge in [-0.3, -0.25) is 0 Å². The first-order chi connectivity index (χ1) is 9.72. The van der Waals surface area contributed by atoms with Crippen LogP contribution in [0.25, 0.3) is 0 Å². The minimum atomic E-state index is 0.396. The number of fused-ring (bicyclic) bond motifs is 1. The Morgan fingerprint density at radius 2 is 2.05 bits per heavy atom. The molecule has 20 heavy (non-hydrogen) atoms. The van der Waals surface area contributed by atoms with Gasteiger partial charge in [0.2, 0.25) is 5.13 Å². The molecule has 0 unspecified atom stereocenters. The number of thiazole rings is 1. The highest BCUT2D eigenvalue weighted by molar-refractivity contribution is 7.11. The van der Waals surface area contributed by atoms with Crippen LogP contribution in [-0.2, 0) is 19.3 Å². The molecule has 1 aliphatic rings. The Hall–Kier alpha value is -1.01. The van der Waals surface area contributed by atoms with Crippen LogP contribution in [0.15, 0.2) is 0 Å². The van der Waals surface area contributed by atoms with Gasteiger partial charge in [0.25, 0.3) is 0 Å². The number of anilines is 1. The van der Waals surface area contributed by atoms with Gasteiger partial charge in [0.15, 0.2) is 0 Å². The third-order valence-corrected chi connectivity index (χ3v) is 5.37. The van der Waals surface area contributed by atoms with Crippen molar-refractivity contribution in [2.24, 2.45) is 0 Å². The highest BCUT2D eigenvalue weighted by Crippen LogP contribution is 2.27. The molecule has 0 atom stereocenters. The van der Waals surface area contributed by atoms with Gasteiger partial charge in [-0.2, -0.15) is 4.37 Å². The van der Waals surface area contributed by atoms with Crippen molar-refractivity contribution >= 4 is 28.0 Å². The van der Waals surface area contributed by atoms with Crippen molar-refractivity contribution in [1.82, 2.24) is 14.3 Å². The normalized spacial score (nSPS) is 14.6. The maximum Gasteiger partial charge on any atom is 0.202 e. The largest absolute Gasteiger partial charge is 0.360 e. The van der Waals surface area contributed by atoms with Crippen LogP contribution in [0.3, 0.4) is 0 Å². The van der Waals surface area contributed by atoms with Crippen molar-refractivity contribution < 1.29 is 0 Å². The van der Waals surface area contributed by atoms with Crippen LogP contribution in [0.5, 0.6) is 0 Å². The maximum atomic E-state index is 4.76. The quantitative estimate of drug-likeness (QED) is 0.916. The molecule has 108 valence electrons. The van der Waals surface area contributed by atoms with Crippen LogP contribution >= 0.6 is 22.9 Å². The zero-order chi connectivity index (χ0) is 13.9. The SMILES string of the molecule is CC(C)c1nsc(NCCc2nc3c(s2)CCCC3)n1. The summed E-state index contributed by atoms with van der Waals surface area (Å²) >= 11 is 3.35. The lowest BCUT2D eigenvalue weighted by atomic mass is 10.0. The lowest BCUT2D eigenvalue weighted by Crippen LogP contribution is -2.05. The standard InChI is InChI=1S/C14H20N4S2/c1-9(2)13-17-14(20-18-13)15-8-7-12-16-10-5-3-4-6-11(10)19-12/h9H,3-8H2,1-2H3,(H,15,17,18). The molecule has 1 N–H and O–H groups in total. The first kappa shape index (κ1) is 13.9. The zero-order valence-corrected chi connectivity index (χ0v) is 13.6. The smallest absolute Gasteiger partial charge is 0.202 e. The van der Waals surface area contributed by atoms with E-state index in [2.05, 4.69) is 28.5 Å². The Bertz CT molecular complexity index is 550. The van der Waals surface area contributed by atoms with Gasteiger partial charge in [-0.1, -0.05) is 13.8 Å².